The molecule has 0 bridgehead atoms. The summed E-state index contributed by atoms with van der Waals surface area (Å²) < 4.78 is 5.97. The van der Waals surface area contributed by atoms with Gasteiger partial charge in [0.25, 0.3) is 0 Å². The highest BCUT2D eigenvalue weighted by atomic mass is 35.5. The van der Waals surface area contributed by atoms with Crippen molar-refractivity contribution >= 4 is 29.1 Å². The molecule has 2 aliphatic carbocycles. The van der Waals surface area contributed by atoms with E-state index in [0.717, 1.165) is 25.7 Å². The maximum absolute atomic E-state index is 12.5. The van der Waals surface area contributed by atoms with Crippen molar-refractivity contribution < 1.29 is 14.3 Å². The Kier molecular flexibility index (Phi) is 5.14. The Morgan fingerprint density at radius 3 is 2.41 bits per heavy atom. The molecule has 144 valence electrons. The van der Waals surface area contributed by atoms with Crippen molar-refractivity contribution in [2.24, 2.45) is 11.1 Å². The van der Waals surface area contributed by atoms with E-state index in [1.807, 2.05) is 0 Å². The first-order valence-corrected chi connectivity index (χ1v) is 9.63. The maximum atomic E-state index is 12.5. The summed E-state index contributed by atoms with van der Waals surface area (Å²) in [5.74, 6) is 1.54. The second kappa shape index (κ2) is 7.09. The van der Waals surface area contributed by atoms with E-state index < -0.39 is 17.4 Å². The van der Waals surface area contributed by atoms with E-state index in [0.29, 0.717) is 34.7 Å². The molecule has 5 nitrogen and oxygen atoms in total. The van der Waals surface area contributed by atoms with Crippen molar-refractivity contribution in [2.45, 2.75) is 64.0 Å². The molecule has 3 rings (SSSR count). The molecule has 0 saturated heterocycles. The number of nitrogens with two attached hydrogens (primary N) is 1. The van der Waals surface area contributed by atoms with Crippen LogP contribution >= 0.6 is 11.6 Å². The van der Waals surface area contributed by atoms with Crippen molar-refractivity contribution in [1.29, 1.82) is 0 Å². The highest BCUT2D eigenvalue weighted by Gasteiger charge is 2.48. The number of anilines is 1. The molecule has 0 unspecified atom stereocenters. The third-order valence-electron chi connectivity index (χ3n) is 5.67. The van der Waals surface area contributed by atoms with Crippen LogP contribution in [0.3, 0.4) is 0 Å². The first kappa shape index (κ1) is 19.6. The quantitative estimate of drug-likeness (QED) is 0.782. The predicted molar refractivity (Wildman–Crippen MR) is 106 cm³/mol. The van der Waals surface area contributed by atoms with E-state index in [4.69, 9.17) is 28.5 Å². The van der Waals surface area contributed by atoms with Crippen LogP contribution in [0.5, 0.6) is 5.75 Å². The molecule has 2 amide bonds. The minimum atomic E-state index is -1.10. The van der Waals surface area contributed by atoms with Gasteiger partial charge in [-0.1, -0.05) is 38.3 Å². The van der Waals surface area contributed by atoms with Crippen LogP contribution in [0.4, 0.5) is 5.69 Å². The lowest BCUT2D eigenvalue weighted by Gasteiger charge is -2.42. The Hall–Kier alpha value is -2.19. The van der Waals surface area contributed by atoms with Gasteiger partial charge in [0, 0.05) is 5.69 Å². The highest BCUT2D eigenvalue weighted by Crippen LogP contribution is 2.44. The van der Waals surface area contributed by atoms with E-state index in [1.165, 1.54) is 4.90 Å². The summed E-state index contributed by atoms with van der Waals surface area (Å²) in [5, 5.41) is 0.379. The molecule has 2 N–H and O–H groups in total. The van der Waals surface area contributed by atoms with Crippen LogP contribution in [0, 0.1) is 17.8 Å². The van der Waals surface area contributed by atoms with Gasteiger partial charge in [-0.2, -0.15) is 0 Å². The summed E-state index contributed by atoms with van der Waals surface area (Å²) in [4.78, 5) is 26.1. The fraction of sp³-hybridized carbons (Fsp3) is 0.524. The van der Waals surface area contributed by atoms with Gasteiger partial charge in [-0.15, -0.1) is 6.42 Å². The first-order valence-electron chi connectivity index (χ1n) is 9.25. The van der Waals surface area contributed by atoms with E-state index in [1.54, 1.807) is 18.2 Å². The van der Waals surface area contributed by atoms with Gasteiger partial charge in [-0.25, -0.2) is 0 Å². The van der Waals surface area contributed by atoms with Crippen LogP contribution in [-0.4, -0.2) is 23.5 Å². The van der Waals surface area contributed by atoms with E-state index >= 15 is 0 Å². The monoisotopic (exact) mass is 388 g/mol. The molecule has 6 heteroatoms. The fourth-order valence-electron chi connectivity index (χ4n) is 4.32. The van der Waals surface area contributed by atoms with Crippen LogP contribution in [0.25, 0.3) is 0 Å². The van der Waals surface area contributed by atoms with Gasteiger partial charge in [0.1, 0.15) is 11.3 Å². The minimum Gasteiger partial charge on any atom is -0.489 e. The molecule has 0 radical (unpaired) electrons. The molecule has 0 aromatic heterocycles. The molecular formula is C21H25ClN2O3. The number of primary amides is 1. The van der Waals surface area contributed by atoms with Gasteiger partial charge in [-0.05, 0) is 55.2 Å². The van der Waals surface area contributed by atoms with Gasteiger partial charge >= 0.3 is 5.91 Å². The molecule has 2 aliphatic rings. The average Bonchev–Trinajstić information content (AvgIpc) is 3.06. The van der Waals surface area contributed by atoms with Crippen molar-refractivity contribution in [3.05, 3.63) is 23.2 Å². The van der Waals surface area contributed by atoms with Crippen LogP contribution in [-0.2, 0) is 9.59 Å². The van der Waals surface area contributed by atoms with E-state index in [-0.39, 0.29) is 6.10 Å². The van der Waals surface area contributed by atoms with Gasteiger partial charge in [0.15, 0.2) is 0 Å². The zero-order chi connectivity index (χ0) is 19.8. The number of terminal acetylenes is 1. The average molecular weight is 389 g/mol. The number of halogens is 1. The Labute approximate surface area is 165 Å². The number of rotatable bonds is 5. The number of hydrogen-bond donors (Lipinski definition) is 1. The lowest BCUT2D eigenvalue weighted by atomic mass is 9.70. The minimum absolute atomic E-state index is 0.138. The Morgan fingerprint density at radius 1 is 1.30 bits per heavy atom. The summed E-state index contributed by atoms with van der Waals surface area (Å²) in [5.41, 5.74) is 5.34. The van der Waals surface area contributed by atoms with E-state index in [2.05, 4.69) is 19.8 Å². The molecule has 0 atom stereocenters. The van der Waals surface area contributed by atoms with Crippen molar-refractivity contribution in [1.82, 2.24) is 0 Å². The predicted octanol–water partition coefficient (Wildman–Crippen LogP) is 3.67. The van der Waals surface area contributed by atoms with Crippen molar-refractivity contribution in [3.63, 3.8) is 0 Å². The zero-order valence-electron chi connectivity index (χ0n) is 15.8. The van der Waals surface area contributed by atoms with Crippen LogP contribution in [0.15, 0.2) is 18.2 Å². The topological polar surface area (TPSA) is 72.6 Å². The summed E-state index contributed by atoms with van der Waals surface area (Å²) in [6, 6.07) is 5.06. The summed E-state index contributed by atoms with van der Waals surface area (Å²) in [6.45, 7) is 4.40. The standard InChI is InChI=1S/C21H25ClN2O3/c1-4-18(25)24(21(19(23)26)9-5-6-10-21)14-7-8-17(16(22)11-14)27-15-12-20(2,3)13-15/h1,7-8,11,15H,5-6,9-10,12-13H2,2-3H3,(H2,23,26). The summed E-state index contributed by atoms with van der Waals surface area (Å²) >= 11 is 6.42. The Bertz CT molecular complexity index is 798. The zero-order valence-corrected chi connectivity index (χ0v) is 16.5. The second-order valence-electron chi connectivity index (χ2n) is 8.31. The maximum Gasteiger partial charge on any atom is 0.303 e. The molecule has 1 aromatic carbocycles. The molecule has 27 heavy (non-hydrogen) atoms. The summed E-state index contributed by atoms with van der Waals surface area (Å²) in [6.07, 6.45) is 10.0. The molecular weight excluding hydrogens is 364 g/mol. The second-order valence-corrected chi connectivity index (χ2v) is 8.72. The fourth-order valence-corrected chi connectivity index (χ4v) is 4.54. The van der Waals surface area contributed by atoms with Crippen LogP contribution < -0.4 is 15.4 Å². The number of ether oxygens (including phenoxy) is 1. The molecule has 2 fully saturated rings. The lowest BCUT2D eigenvalue weighted by Crippen LogP contribution is -2.58. The summed E-state index contributed by atoms with van der Waals surface area (Å²) in [7, 11) is 0. The SMILES string of the molecule is C#CC(=O)N(c1ccc(OC2CC(C)(C)C2)c(Cl)c1)C1(C(N)=O)CCCC1. The number of amides is 2. The van der Waals surface area contributed by atoms with Crippen molar-refractivity contribution in [2.75, 3.05) is 4.90 Å². The third-order valence-corrected chi connectivity index (χ3v) is 5.97. The first-order chi connectivity index (χ1) is 12.7. The Balaban J connectivity index is 1.90. The number of hydrogen-bond acceptors (Lipinski definition) is 3. The molecule has 1 aromatic rings. The molecule has 0 aliphatic heterocycles. The van der Waals surface area contributed by atoms with Gasteiger partial charge in [0.2, 0.25) is 5.91 Å². The van der Waals surface area contributed by atoms with E-state index in [9.17, 15) is 9.59 Å². The molecule has 2 saturated carbocycles. The molecule has 0 spiro atoms. The normalized spacial score (nSPS) is 20.4. The lowest BCUT2D eigenvalue weighted by molar-refractivity contribution is -0.126. The number of carbonyl (C=O) groups is 2. The molecule has 0 heterocycles. The highest BCUT2D eigenvalue weighted by molar-refractivity contribution is 6.32. The van der Waals surface area contributed by atoms with Gasteiger partial charge in [-0.3, -0.25) is 14.5 Å². The number of benzene rings is 1. The number of nitrogens with zero attached hydrogens (tertiary/aromatic N) is 1. The number of carbonyl (C=O) groups excluding carboxylic acids is 2. The smallest absolute Gasteiger partial charge is 0.303 e. The third kappa shape index (κ3) is 3.64. The van der Waals surface area contributed by atoms with Gasteiger partial charge in [0.05, 0.1) is 11.1 Å². The largest absolute Gasteiger partial charge is 0.489 e. The van der Waals surface area contributed by atoms with Crippen molar-refractivity contribution in [3.8, 4) is 18.1 Å². The Morgan fingerprint density at radius 2 is 1.93 bits per heavy atom. The van der Waals surface area contributed by atoms with Gasteiger partial charge < -0.3 is 10.5 Å². The van der Waals surface area contributed by atoms with Crippen LogP contribution in [0.1, 0.15) is 52.4 Å². The van der Waals surface area contributed by atoms with Crippen LogP contribution in [0.2, 0.25) is 5.02 Å².